The molecular weight excluding hydrogens is 368 g/mol. The Labute approximate surface area is 168 Å². The smallest absolute Gasteiger partial charge is 0.255 e. The first-order chi connectivity index (χ1) is 14.1. The van der Waals surface area contributed by atoms with E-state index in [4.69, 9.17) is 9.47 Å². The van der Waals surface area contributed by atoms with Crippen LogP contribution in [0.15, 0.2) is 48.7 Å². The number of carbonyl (C=O) groups excluding carboxylic acids is 2. The number of nitrogens with one attached hydrogen (secondary N) is 1. The Morgan fingerprint density at radius 2 is 2.10 bits per heavy atom. The fourth-order valence-corrected chi connectivity index (χ4v) is 3.43. The quantitative estimate of drug-likeness (QED) is 0.640. The van der Waals surface area contributed by atoms with Crippen LogP contribution in [-0.2, 0) is 4.74 Å². The zero-order chi connectivity index (χ0) is 20.2. The van der Waals surface area contributed by atoms with Crippen LogP contribution in [0.4, 0.5) is 5.69 Å². The van der Waals surface area contributed by atoms with E-state index in [0.717, 1.165) is 42.2 Å². The van der Waals surface area contributed by atoms with Gasteiger partial charge in [-0.1, -0.05) is 6.07 Å². The molecule has 1 aliphatic rings. The highest BCUT2D eigenvalue weighted by molar-refractivity contribution is 6.06. The SMILES string of the molecule is Cc1c(NC(=O)c2ccc(OC[C@H]3CCCO3)cc2)ccc2cc(C=O)cnc12. The Morgan fingerprint density at radius 3 is 2.83 bits per heavy atom. The van der Waals surface area contributed by atoms with Crippen molar-refractivity contribution in [2.24, 2.45) is 0 Å². The van der Waals surface area contributed by atoms with Crippen molar-refractivity contribution in [3.05, 3.63) is 65.4 Å². The molecule has 0 unspecified atom stereocenters. The first kappa shape index (κ1) is 19.1. The molecule has 6 nitrogen and oxygen atoms in total. The lowest BCUT2D eigenvalue weighted by Gasteiger charge is -2.13. The number of amides is 1. The van der Waals surface area contributed by atoms with Gasteiger partial charge in [-0.25, -0.2) is 0 Å². The van der Waals surface area contributed by atoms with Crippen LogP contribution in [0, 0.1) is 6.92 Å². The topological polar surface area (TPSA) is 77.5 Å². The summed E-state index contributed by atoms with van der Waals surface area (Å²) in [6, 6.07) is 12.5. The van der Waals surface area contributed by atoms with E-state index in [1.807, 2.05) is 19.1 Å². The van der Waals surface area contributed by atoms with Gasteiger partial charge in [0.15, 0.2) is 6.29 Å². The molecule has 4 rings (SSSR count). The van der Waals surface area contributed by atoms with Gasteiger partial charge >= 0.3 is 0 Å². The van der Waals surface area contributed by atoms with Crippen molar-refractivity contribution >= 4 is 28.8 Å². The number of aryl methyl sites for hydroxylation is 1. The first-order valence-corrected chi connectivity index (χ1v) is 9.64. The first-order valence-electron chi connectivity index (χ1n) is 9.64. The van der Waals surface area contributed by atoms with Gasteiger partial charge in [-0.3, -0.25) is 14.6 Å². The van der Waals surface area contributed by atoms with Crippen molar-refractivity contribution in [1.82, 2.24) is 4.98 Å². The highest BCUT2D eigenvalue weighted by Gasteiger charge is 2.16. The van der Waals surface area contributed by atoms with Gasteiger partial charge in [0, 0.05) is 35.0 Å². The van der Waals surface area contributed by atoms with E-state index < -0.39 is 0 Å². The second-order valence-electron chi connectivity index (χ2n) is 7.12. The molecule has 0 radical (unpaired) electrons. The number of aldehydes is 1. The number of ether oxygens (including phenoxy) is 2. The Kier molecular flexibility index (Phi) is 5.53. The molecule has 1 fully saturated rings. The molecular formula is C23H22N2O4. The summed E-state index contributed by atoms with van der Waals surface area (Å²) >= 11 is 0. The predicted molar refractivity (Wildman–Crippen MR) is 111 cm³/mol. The zero-order valence-corrected chi connectivity index (χ0v) is 16.2. The number of nitrogens with zero attached hydrogens (tertiary/aromatic N) is 1. The van der Waals surface area contributed by atoms with Gasteiger partial charge in [0.05, 0.1) is 11.6 Å². The van der Waals surface area contributed by atoms with E-state index in [9.17, 15) is 9.59 Å². The minimum atomic E-state index is -0.206. The van der Waals surface area contributed by atoms with Gasteiger partial charge in [-0.2, -0.15) is 0 Å². The molecule has 2 heterocycles. The number of aromatic nitrogens is 1. The minimum Gasteiger partial charge on any atom is -0.491 e. The molecule has 6 heteroatoms. The van der Waals surface area contributed by atoms with Crippen molar-refractivity contribution in [1.29, 1.82) is 0 Å². The lowest BCUT2D eigenvalue weighted by atomic mass is 10.1. The standard InChI is InChI=1S/C23H22N2O4/c1-15-21(9-6-18-11-16(13-26)12-24-22(15)18)25-23(27)17-4-7-19(8-5-17)29-14-20-3-2-10-28-20/h4-9,11-13,20H,2-3,10,14H2,1H3,(H,25,27)/t20-/m1/s1. The fourth-order valence-electron chi connectivity index (χ4n) is 3.43. The van der Waals surface area contributed by atoms with Crippen LogP contribution >= 0.6 is 0 Å². The number of benzene rings is 2. The van der Waals surface area contributed by atoms with Crippen LogP contribution in [0.25, 0.3) is 10.9 Å². The largest absolute Gasteiger partial charge is 0.491 e. The van der Waals surface area contributed by atoms with Crippen LogP contribution < -0.4 is 10.1 Å². The van der Waals surface area contributed by atoms with E-state index >= 15 is 0 Å². The summed E-state index contributed by atoms with van der Waals surface area (Å²) in [6.07, 6.45) is 4.56. The summed E-state index contributed by atoms with van der Waals surface area (Å²) in [7, 11) is 0. The molecule has 0 bridgehead atoms. The molecule has 1 aliphatic heterocycles. The third-order valence-corrected chi connectivity index (χ3v) is 5.09. The van der Waals surface area contributed by atoms with Gasteiger partial charge in [-0.05, 0) is 61.7 Å². The second kappa shape index (κ2) is 8.41. The Balaban J connectivity index is 1.44. The molecule has 0 saturated carbocycles. The summed E-state index contributed by atoms with van der Waals surface area (Å²) in [4.78, 5) is 27.9. The predicted octanol–water partition coefficient (Wildman–Crippen LogP) is 4.17. The van der Waals surface area contributed by atoms with E-state index in [2.05, 4.69) is 10.3 Å². The van der Waals surface area contributed by atoms with E-state index in [1.165, 1.54) is 6.20 Å². The van der Waals surface area contributed by atoms with Crippen molar-refractivity contribution in [3.63, 3.8) is 0 Å². The van der Waals surface area contributed by atoms with Gasteiger partial charge < -0.3 is 14.8 Å². The molecule has 3 aromatic rings. The maximum Gasteiger partial charge on any atom is 0.255 e. The molecule has 148 valence electrons. The van der Waals surface area contributed by atoms with Crippen LogP contribution in [0.1, 0.15) is 39.1 Å². The zero-order valence-electron chi connectivity index (χ0n) is 16.2. The third-order valence-electron chi connectivity index (χ3n) is 5.09. The third kappa shape index (κ3) is 4.27. The molecule has 1 atom stereocenters. The number of anilines is 1. The molecule has 1 N–H and O–H groups in total. The molecule has 1 aromatic heterocycles. The molecule has 1 amide bonds. The van der Waals surface area contributed by atoms with Gasteiger partial charge in [0.2, 0.25) is 0 Å². The summed E-state index contributed by atoms with van der Waals surface area (Å²) in [6.45, 7) is 3.23. The van der Waals surface area contributed by atoms with E-state index in [0.29, 0.717) is 29.2 Å². The number of rotatable bonds is 6. The average Bonchev–Trinajstić information content (AvgIpc) is 3.28. The minimum absolute atomic E-state index is 0.157. The Bertz CT molecular complexity index is 1040. The molecule has 0 aliphatic carbocycles. The van der Waals surface area contributed by atoms with Crippen molar-refractivity contribution in [2.75, 3.05) is 18.5 Å². The maximum absolute atomic E-state index is 12.6. The highest BCUT2D eigenvalue weighted by atomic mass is 16.5. The number of carbonyl (C=O) groups is 2. The highest BCUT2D eigenvalue weighted by Crippen LogP contribution is 2.25. The lowest BCUT2D eigenvalue weighted by Crippen LogP contribution is -2.16. The lowest BCUT2D eigenvalue weighted by molar-refractivity contribution is 0.0679. The number of fused-ring (bicyclic) bond motifs is 1. The van der Waals surface area contributed by atoms with Crippen LogP contribution in [0.5, 0.6) is 5.75 Å². The molecule has 29 heavy (non-hydrogen) atoms. The van der Waals surface area contributed by atoms with Crippen LogP contribution in [-0.4, -0.2) is 36.5 Å². The summed E-state index contributed by atoms with van der Waals surface area (Å²) in [5.74, 6) is 0.511. The van der Waals surface area contributed by atoms with E-state index in [1.54, 1.807) is 30.3 Å². The normalized spacial score (nSPS) is 16.0. The molecule has 1 saturated heterocycles. The van der Waals surface area contributed by atoms with Crippen molar-refractivity contribution in [3.8, 4) is 5.75 Å². The fraction of sp³-hybridized carbons (Fsp3) is 0.261. The monoisotopic (exact) mass is 390 g/mol. The van der Waals surface area contributed by atoms with Crippen LogP contribution in [0.2, 0.25) is 0 Å². The van der Waals surface area contributed by atoms with Crippen molar-refractivity contribution in [2.45, 2.75) is 25.9 Å². The molecule has 0 spiro atoms. The van der Waals surface area contributed by atoms with E-state index in [-0.39, 0.29) is 12.0 Å². The second-order valence-corrected chi connectivity index (χ2v) is 7.12. The Hall–Kier alpha value is -3.25. The summed E-state index contributed by atoms with van der Waals surface area (Å²) in [5.41, 5.74) is 3.36. The Morgan fingerprint density at radius 1 is 1.28 bits per heavy atom. The molecule has 2 aromatic carbocycles. The summed E-state index contributed by atoms with van der Waals surface area (Å²) < 4.78 is 11.3. The van der Waals surface area contributed by atoms with Crippen LogP contribution in [0.3, 0.4) is 0 Å². The average molecular weight is 390 g/mol. The maximum atomic E-state index is 12.6. The van der Waals surface area contributed by atoms with Gasteiger partial charge in [0.25, 0.3) is 5.91 Å². The van der Waals surface area contributed by atoms with Gasteiger partial charge in [0.1, 0.15) is 12.4 Å². The van der Waals surface area contributed by atoms with Crippen molar-refractivity contribution < 1.29 is 19.1 Å². The number of hydrogen-bond donors (Lipinski definition) is 1. The number of hydrogen-bond acceptors (Lipinski definition) is 5. The summed E-state index contributed by atoms with van der Waals surface area (Å²) in [5, 5.41) is 3.79. The number of pyridine rings is 1. The van der Waals surface area contributed by atoms with Gasteiger partial charge in [-0.15, -0.1) is 0 Å².